The van der Waals surface area contributed by atoms with E-state index in [0.717, 1.165) is 12.8 Å². The smallest absolute Gasteiger partial charge is 0.341 e. The van der Waals surface area contributed by atoms with Gasteiger partial charge in [0.15, 0.2) is 11.6 Å². The molecule has 1 aromatic heterocycles. The van der Waals surface area contributed by atoms with E-state index in [2.05, 4.69) is 0 Å². The zero-order chi connectivity index (χ0) is 20.5. The van der Waals surface area contributed by atoms with Crippen LogP contribution in [-0.4, -0.2) is 34.8 Å². The second-order valence-corrected chi connectivity index (χ2v) is 8.62. The largest absolute Gasteiger partial charge is 0.477 e. The van der Waals surface area contributed by atoms with Gasteiger partial charge in [0, 0.05) is 36.9 Å². The first kappa shape index (κ1) is 18.9. The predicted octanol–water partition coefficient (Wildman–Crippen LogP) is 2.79. The topological polar surface area (TPSA) is 88.6 Å². The lowest BCUT2D eigenvalue weighted by molar-refractivity contribution is 0.0695. The number of fused-ring (bicyclic) bond motifs is 1. The lowest BCUT2D eigenvalue weighted by Crippen LogP contribution is -2.35. The standard InChI is InChI=1S/C20H23F2N3O3/c1-9-13-16(25(10-4-5-10)6-11(18(13)26)19(27)28)15(22)17(14(9)21)24-7-12(23)20(2,3)8-24/h6,10,12H,4-5,7-8,23H2,1-3H3,(H,27,28)/t12-/m0/s1. The monoisotopic (exact) mass is 391 g/mol. The number of carbonyl (C=O) groups is 1. The van der Waals surface area contributed by atoms with E-state index in [-0.39, 0.29) is 39.7 Å². The molecule has 1 saturated carbocycles. The summed E-state index contributed by atoms with van der Waals surface area (Å²) >= 11 is 0. The lowest BCUT2D eigenvalue weighted by atomic mass is 9.89. The van der Waals surface area contributed by atoms with Gasteiger partial charge in [-0.2, -0.15) is 0 Å². The zero-order valence-corrected chi connectivity index (χ0v) is 16.1. The average molecular weight is 391 g/mol. The highest BCUT2D eigenvalue weighted by atomic mass is 19.1. The van der Waals surface area contributed by atoms with Crippen LogP contribution in [0.1, 0.15) is 48.7 Å². The Bertz CT molecular complexity index is 1070. The third-order valence-corrected chi connectivity index (χ3v) is 6.07. The van der Waals surface area contributed by atoms with Crippen LogP contribution in [0.4, 0.5) is 14.5 Å². The highest BCUT2D eigenvalue weighted by molar-refractivity contribution is 5.95. The van der Waals surface area contributed by atoms with E-state index in [0.29, 0.717) is 13.1 Å². The fourth-order valence-corrected chi connectivity index (χ4v) is 4.10. The minimum Gasteiger partial charge on any atom is -0.477 e. The molecule has 0 bridgehead atoms. The van der Waals surface area contributed by atoms with E-state index in [1.54, 1.807) is 4.90 Å². The molecular formula is C20H23F2N3O3. The van der Waals surface area contributed by atoms with E-state index < -0.39 is 28.6 Å². The Kier molecular flexibility index (Phi) is 4.05. The first-order valence-corrected chi connectivity index (χ1v) is 9.34. The number of rotatable bonds is 3. The van der Waals surface area contributed by atoms with Crippen LogP contribution in [0.2, 0.25) is 0 Å². The van der Waals surface area contributed by atoms with Gasteiger partial charge in [0.2, 0.25) is 5.43 Å². The van der Waals surface area contributed by atoms with Crippen LogP contribution in [0.3, 0.4) is 0 Å². The maximum atomic E-state index is 15.7. The summed E-state index contributed by atoms with van der Waals surface area (Å²) in [6.07, 6.45) is 2.70. The van der Waals surface area contributed by atoms with Crippen LogP contribution in [0.5, 0.6) is 0 Å². The molecule has 2 heterocycles. The van der Waals surface area contributed by atoms with Crippen molar-refractivity contribution in [2.75, 3.05) is 18.0 Å². The molecule has 2 aliphatic rings. The highest BCUT2D eigenvalue weighted by Crippen LogP contribution is 2.42. The number of halogens is 2. The number of benzene rings is 1. The predicted molar refractivity (Wildman–Crippen MR) is 102 cm³/mol. The van der Waals surface area contributed by atoms with Gasteiger partial charge < -0.3 is 20.3 Å². The van der Waals surface area contributed by atoms with Crippen LogP contribution in [0.25, 0.3) is 10.9 Å². The molecule has 3 N–H and O–H groups in total. The Labute approximate surface area is 160 Å². The summed E-state index contributed by atoms with van der Waals surface area (Å²) in [5.74, 6) is -3.07. The summed E-state index contributed by atoms with van der Waals surface area (Å²) in [4.78, 5) is 25.8. The quantitative estimate of drug-likeness (QED) is 0.840. The van der Waals surface area contributed by atoms with E-state index in [4.69, 9.17) is 5.73 Å². The number of hydrogen-bond donors (Lipinski definition) is 2. The molecule has 6 nitrogen and oxygen atoms in total. The van der Waals surface area contributed by atoms with Gasteiger partial charge in [-0.3, -0.25) is 4.79 Å². The number of carboxylic acid groups (broad SMARTS) is 1. The van der Waals surface area contributed by atoms with Gasteiger partial charge in [0.25, 0.3) is 0 Å². The van der Waals surface area contributed by atoms with Crippen LogP contribution < -0.4 is 16.1 Å². The van der Waals surface area contributed by atoms with E-state index in [1.165, 1.54) is 17.7 Å². The van der Waals surface area contributed by atoms with Crippen LogP contribution in [-0.2, 0) is 0 Å². The van der Waals surface area contributed by atoms with Crippen molar-refractivity contribution >= 4 is 22.6 Å². The molecule has 1 atom stereocenters. The summed E-state index contributed by atoms with van der Waals surface area (Å²) in [6, 6.07) is -0.340. The number of nitrogens with two attached hydrogens (primary N) is 1. The normalized spacial score (nSPS) is 21.5. The first-order chi connectivity index (χ1) is 13.0. The van der Waals surface area contributed by atoms with E-state index in [1.807, 2.05) is 13.8 Å². The zero-order valence-electron chi connectivity index (χ0n) is 16.1. The Morgan fingerprint density at radius 1 is 1.29 bits per heavy atom. The summed E-state index contributed by atoms with van der Waals surface area (Å²) in [5, 5.41) is 9.17. The fourth-order valence-electron chi connectivity index (χ4n) is 4.10. The summed E-state index contributed by atoms with van der Waals surface area (Å²) in [5.41, 5.74) is 4.25. The van der Waals surface area contributed by atoms with Gasteiger partial charge in [-0.15, -0.1) is 0 Å². The van der Waals surface area contributed by atoms with Crippen molar-refractivity contribution in [3.63, 3.8) is 0 Å². The Balaban J connectivity index is 2.06. The number of hydrogen-bond acceptors (Lipinski definition) is 4. The molecule has 1 aliphatic carbocycles. The molecular weight excluding hydrogens is 368 g/mol. The van der Waals surface area contributed by atoms with Crippen molar-refractivity contribution in [1.29, 1.82) is 0 Å². The molecule has 8 heteroatoms. The SMILES string of the molecule is Cc1c(F)c(N2C[C@H](N)C(C)(C)C2)c(F)c2c1c(=O)c(C(=O)O)cn2C1CC1. The molecule has 28 heavy (non-hydrogen) atoms. The maximum absolute atomic E-state index is 15.7. The molecule has 150 valence electrons. The highest BCUT2D eigenvalue weighted by Gasteiger charge is 2.40. The van der Waals surface area contributed by atoms with Crippen molar-refractivity contribution in [2.45, 2.75) is 45.7 Å². The van der Waals surface area contributed by atoms with Crippen molar-refractivity contribution < 1.29 is 18.7 Å². The fraction of sp³-hybridized carbons (Fsp3) is 0.500. The minimum absolute atomic E-state index is 0.0234. The number of aromatic carboxylic acids is 1. The Morgan fingerprint density at radius 2 is 1.93 bits per heavy atom. The van der Waals surface area contributed by atoms with Gasteiger partial charge >= 0.3 is 5.97 Å². The van der Waals surface area contributed by atoms with Crippen LogP contribution >= 0.6 is 0 Å². The van der Waals surface area contributed by atoms with Crippen molar-refractivity contribution in [3.05, 3.63) is 39.2 Å². The van der Waals surface area contributed by atoms with Crippen molar-refractivity contribution in [1.82, 2.24) is 4.57 Å². The van der Waals surface area contributed by atoms with Crippen LogP contribution in [0.15, 0.2) is 11.0 Å². The second kappa shape index (κ2) is 6.01. The van der Waals surface area contributed by atoms with Gasteiger partial charge in [-0.05, 0) is 25.2 Å². The molecule has 0 amide bonds. The summed E-state index contributed by atoms with van der Waals surface area (Å²) in [7, 11) is 0. The summed E-state index contributed by atoms with van der Waals surface area (Å²) in [6.45, 7) is 5.97. The van der Waals surface area contributed by atoms with E-state index >= 15 is 8.78 Å². The second-order valence-electron chi connectivity index (χ2n) is 8.62. The molecule has 0 spiro atoms. The Hall–Kier alpha value is -2.48. The van der Waals surface area contributed by atoms with Gasteiger partial charge in [-0.25, -0.2) is 13.6 Å². The number of anilines is 1. The van der Waals surface area contributed by atoms with Crippen LogP contribution in [0, 0.1) is 24.0 Å². The third kappa shape index (κ3) is 2.62. The molecule has 1 aromatic carbocycles. The number of aryl methyl sites for hydroxylation is 1. The lowest BCUT2D eigenvalue weighted by Gasteiger charge is -2.25. The average Bonchev–Trinajstić information content (AvgIpc) is 3.39. The number of carboxylic acids is 1. The first-order valence-electron chi connectivity index (χ1n) is 9.34. The van der Waals surface area contributed by atoms with E-state index in [9.17, 15) is 14.7 Å². The summed E-state index contributed by atoms with van der Waals surface area (Å²) < 4.78 is 32.4. The molecule has 1 saturated heterocycles. The van der Waals surface area contributed by atoms with Gasteiger partial charge in [-0.1, -0.05) is 13.8 Å². The van der Waals surface area contributed by atoms with Crippen molar-refractivity contribution in [2.24, 2.45) is 11.1 Å². The molecule has 2 fully saturated rings. The number of aromatic nitrogens is 1. The molecule has 0 radical (unpaired) electrons. The molecule has 2 aromatic rings. The molecule has 0 unspecified atom stereocenters. The molecule has 1 aliphatic heterocycles. The number of pyridine rings is 1. The third-order valence-electron chi connectivity index (χ3n) is 6.07. The number of nitrogens with zero attached hydrogens (tertiary/aromatic N) is 2. The van der Waals surface area contributed by atoms with Gasteiger partial charge in [0.05, 0.1) is 10.9 Å². The maximum Gasteiger partial charge on any atom is 0.341 e. The molecule has 4 rings (SSSR count). The van der Waals surface area contributed by atoms with Crippen molar-refractivity contribution in [3.8, 4) is 0 Å². The minimum atomic E-state index is -1.40. The van der Waals surface area contributed by atoms with Gasteiger partial charge in [0.1, 0.15) is 11.3 Å². The Morgan fingerprint density at radius 3 is 2.43 bits per heavy atom.